The number of fused-ring (bicyclic) bond motifs is 1. The largest absolute Gasteiger partial charge is 0.455 e. The van der Waals surface area contributed by atoms with Crippen molar-refractivity contribution in [1.82, 2.24) is 15.1 Å². The second-order valence-electron chi connectivity index (χ2n) is 6.81. The number of carbonyl (C=O) groups excluding carboxylic acids is 2. The average Bonchev–Trinajstić information content (AvgIpc) is 2.62. The van der Waals surface area contributed by atoms with E-state index in [1.807, 2.05) is 18.7 Å². The molecule has 0 radical (unpaired) electrons. The number of nitrogens with one attached hydrogen (secondary N) is 1. The van der Waals surface area contributed by atoms with Crippen molar-refractivity contribution >= 4 is 22.6 Å². The Bertz CT molecular complexity index is 866. The first-order valence-electron chi connectivity index (χ1n) is 8.90. The van der Waals surface area contributed by atoms with Crippen LogP contribution in [0.15, 0.2) is 29.1 Å². The molecule has 3 rings (SSSR count). The number of rotatable bonds is 4. The molecular weight excluding hydrogens is 334 g/mol. The first-order chi connectivity index (χ1) is 12.5. The molecule has 0 saturated carbocycles. The summed E-state index contributed by atoms with van der Waals surface area (Å²) in [5.74, 6) is -0.710. The smallest absolute Gasteiger partial charge is 0.312 e. The van der Waals surface area contributed by atoms with E-state index in [4.69, 9.17) is 4.74 Å². The maximum absolute atomic E-state index is 12.4. The molecule has 0 bridgehead atoms. The third kappa shape index (κ3) is 3.76. The molecule has 0 spiro atoms. The van der Waals surface area contributed by atoms with Gasteiger partial charge in [-0.1, -0.05) is 18.2 Å². The van der Waals surface area contributed by atoms with Crippen LogP contribution < -0.4 is 5.56 Å². The van der Waals surface area contributed by atoms with Crippen LogP contribution in [0.5, 0.6) is 0 Å². The molecule has 1 aliphatic rings. The zero-order valence-corrected chi connectivity index (χ0v) is 15.0. The second-order valence-corrected chi connectivity index (χ2v) is 6.81. The van der Waals surface area contributed by atoms with Crippen molar-refractivity contribution in [2.45, 2.75) is 51.6 Å². The van der Waals surface area contributed by atoms with Crippen LogP contribution in [0.3, 0.4) is 0 Å². The monoisotopic (exact) mass is 357 g/mol. The van der Waals surface area contributed by atoms with Gasteiger partial charge in [-0.05, 0) is 39.2 Å². The Hall–Kier alpha value is -2.70. The number of ether oxygens (including phenoxy) is 1. The maximum atomic E-state index is 12.4. The van der Waals surface area contributed by atoms with Gasteiger partial charge in [-0.3, -0.25) is 14.4 Å². The number of hydrogen-bond donors (Lipinski definition) is 1. The summed E-state index contributed by atoms with van der Waals surface area (Å²) in [4.78, 5) is 38.2. The minimum absolute atomic E-state index is 0.102. The van der Waals surface area contributed by atoms with Crippen molar-refractivity contribution in [1.29, 1.82) is 0 Å². The van der Waals surface area contributed by atoms with E-state index in [0.29, 0.717) is 16.5 Å². The number of H-pyrrole nitrogens is 1. The number of benzene rings is 1. The predicted octanol–water partition coefficient (Wildman–Crippen LogP) is 1.80. The minimum atomic E-state index is -0.541. The summed E-state index contributed by atoms with van der Waals surface area (Å²) in [6.45, 7) is 3.77. The molecule has 2 heterocycles. The highest BCUT2D eigenvalue weighted by Crippen LogP contribution is 2.22. The highest BCUT2D eigenvalue weighted by Gasteiger charge is 2.29. The van der Waals surface area contributed by atoms with Gasteiger partial charge in [0.25, 0.3) is 11.5 Å². The zero-order chi connectivity index (χ0) is 18.7. The first kappa shape index (κ1) is 18.1. The molecular formula is C19H23N3O4. The molecule has 1 N–H and O–H groups in total. The van der Waals surface area contributed by atoms with Gasteiger partial charge in [-0.25, -0.2) is 5.10 Å². The van der Waals surface area contributed by atoms with E-state index in [2.05, 4.69) is 10.2 Å². The van der Waals surface area contributed by atoms with Gasteiger partial charge in [0.05, 0.1) is 17.5 Å². The Morgan fingerprint density at radius 2 is 1.85 bits per heavy atom. The molecule has 1 aliphatic heterocycles. The minimum Gasteiger partial charge on any atom is -0.455 e. The van der Waals surface area contributed by atoms with Crippen LogP contribution in [0.25, 0.3) is 10.8 Å². The van der Waals surface area contributed by atoms with Crippen molar-refractivity contribution in [3.8, 4) is 0 Å². The maximum Gasteiger partial charge on any atom is 0.312 e. The van der Waals surface area contributed by atoms with Crippen LogP contribution in [0.4, 0.5) is 0 Å². The Kier molecular flexibility index (Phi) is 5.35. The van der Waals surface area contributed by atoms with Gasteiger partial charge < -0.3 is 9.64 Å². The fraction of sp³-hybridized carbons (Fsp3) is 0.474. The van der Waals surface area contributed by atoms with Crippen LogP contribution in [0.1, 0.15) is 38.8 Å². The molecule has 7 heteroatoms. The lowest BCUT2D eigenvalue weighted by Gasteiger charge is -2.38. The van der Waals surface area contributed by atoms with E-state index < -0.39 is 5.97 Å². The topological polar surface area (TPSA) is 92.4 Å². The fourth-order valence-electron chi connectivity index (χ4n) is 3.62. The summed E-state index contributed by atoms with van der Waals surface area (Å²) >= 11 is 0. The van der Waals surface area contributed by atoms with Crippen LogP contribution in [-0.4, -0.2) is 45.7 Å². The van der Waals surface area contributed by atoms with Crippen molar-refractivity contribution < 1.29 is 14.3 Å². The van der Waals surface area contributed by atoms with Crippen molar-refractivity contribution in [2.24, 2.45) is 0 Å². The molecule has 2 atom stereocenters. The number of nitrogens with zero attached hydrogens (tertiary/aromatic N) is 2. The Morgan fingerprint density at radius 1 is 1.19 bits per heavy atom. The van der Waals surface area contributed by atoms with Gasteiger partial charge in [0, 0.05) is 17.5 Å². The molecule has 1 amide bonds. The van der Waals surface area contributed by atoms with E-state index in [9.17, 15) is 14.4 Å². The van der Waals surface area contributed by atoms with Gasteiger partial charge in [0.15, 0.2) is 6.61 Å². The number of aromatic nitrogens is 2. The normalized spacial score (nSPS) is 20.2. The molecule has 138 valence electrons. The number of carbonyl (C=O) groups is 2. The molecule has 2 aromatic rings. The molecule has 26 heavy (non-hydrogen) atoms. The van der Waals surface area contributed by atoms with Crippen molar-refractivity contribution in [3.05, 3.63) is 40.3 Å². The Labute approximate surface area is 151 Å². The molecule has 1 fully saturated rings. The van der Waals surface area contributed by atoms with E-state index in [1.54, 1.807) is 24.3 Å². The molecule has 1 saturated heterocycles. The van der Waals surface area contributed by atoms with E-state index in [-0.39, 0.29) is 36.6 Å². The standard InChI is InChI=1S/C19H23N3O4/c1-12-6-5-7-13(2)22(12)17(23)11-26-18(24)10-16-14-8-3-4-9-15(14)19(25)21-20-16/h3-4,8-9,12-13H,5-7,10-11H2,1-2H3,(H,21,25)/t12-,13-/m1/s1. The highest BCUT2D eigenvalue weighted by atomic mass is 16.5. The fourth-order valence-corrected chi connectivity index (χ4v) is 3.62. The molecule has 0 aliphatic carbocycles. The number of esters is 1. The molecule has 7 nitrogen and oxygen atoms in total. The van der Waals surface area contributed by atoms with Gasteiger partial charge in [0.2, 0.25) is 0 Å². The van der Waals surface area contributed by atoms with Gasteiger partial charge in [-0.2, -0.15) is 5.10 Å². The lowest BCUT2D eigenvalue weighted by Crippen LogP contribution is -2.49. The van der Waals surface area contributed by atoms with E-state index in [0.717, 1.165) is 19.3 Å². The number of aromatic amines is 1. The second kappa shape index (κ2) is 7.68. The van der Waals surface area contributed by atoms with Crippen molar-refractivity contribution in [3.63, 3.8) is 0 Å². The number of likely N-dealkylation sites (tertiary alicyclic amines) is 1. The number of piperidine rings is 1. The van der Waals surface area contributed by atoms with Crippen molar-refractivity contribution in [2.75, 3.05) is 6.61 Å². The molecule has 0 unspecified atom stereocenters. The first-order valence-corrected chi connectivity index (χ1v) is 8.90. The number of amides is 1. The summed E-state index contributed by atoms with van der Waals surface area (Å²) < 4.78 is 5.17. The van der Waals surface area contributed by atoms with Gasteiger partial charge in [0.1, 0.15) is 0 Å². The zero-order valence-electron chi connectivity index (χ0n) is 15.0. The third-order valence-corrected chi connectivity index (χ3v) is 4.92. The van der Waals surface area contributed by atoms with Gasteiger partial charge >= 0.3 is 5.97 Å². The summed E-state index contributed by atoms with van der Waals surface area (Å²) in [5.41, 5.74) is 0.123. The van der Waals surface area contributed by atoms with Crippen LogP contribution >= 0.6 is 0 Å². The molecule has 1 aromatic heterocycles. The van der Waals surface area contributed by atoms with Crippen LogP contribution in [-0.2, 0) is 20.7 Å². The van der Waals surface area contributed by atoms with Gasteiger partial charge in [-0.15, -0.1) is 0 Å². The SMILES string of the molecule is C[C@@H]1CCC[C@@H](C)N1C(=O)COC(=O)Cc1n[nH]c(=O)c2ccccc12. The van der Waals surface area contributed by atoms with E-state index in [1.165, 1.54) is 0 Å². The average molecular weight is 357 g/mol. The summed E-state index contributed by atoms with van der Waals surface area (Å²) in [7, 11) is 0. The molecule has 1 aromatic carbocycles. The summed E-state index contributed by atoms with van der Waals surface area (Å²) in [6.07, 6.45) is 2.95. The number of hydrogen-bond acceptors (Lipinski definition) is 5. The Balaban J connectivity index is 1.64. The van der Waals surface area contributed by atoms with E-state index >= 15 is 0 Å². The summed E-state index contributed by atoms with van der Waals surface area (Å²) in [5, 5.41) is 7.42. The lowest BCUT2D eigenvalue weighted by atomic mass is 9.97. The predicted molar refractivity (Wildman–Crippen MR) is 96.6 cm³/mol. The lowest BCUT2D eigenvalue weighted by molar-refractivity contribution is -0.154. The Morgan fingerprint density at radius 3 is 2.54 bits per heavy atom. The van der Waals surface area contributed by atoms with Crippen LogP contribution in [0, 0.1) is 0 Å². The highest BCUT2D eigenvalue weighted by molar-refractivity contribution is 5.87. The third-order valence-electron chi connectivity index (χ3n) is 4.92. The quantitative estimate of drug-likeness (QED) is 0.843. The van der Waals surface area contributed by atoms with Crippen LogP contribution in [0.2, 0.25) is 0 Å². The summed E-state index contributed by atoms with van der Waals surface area (Å²) in [6, 6.07) is 7.26.